The molecule has 172 valence electrons. The lowest BCUT2D eigenvalue weighted by molar-refractivity contribution is 0.112. The minimum atomic E-state index is -1.75. The molecule has 2 aromatic heterocycles. The van der Waals surface area contributed by atoms with E-state index < -0.39 is 8.32 Å². The van der Waals surface area contributed by atoms with Crippen LogP contribution in [-0.4, -0.2) is 28.5 Å². The van der Waals surface area contributed by atoms with Crippen LogP contribution in [0.4, 0.5) is 0 Å². The van der Waals surface area contributed by atoms with Crippen molar-refractivity contribution in [3.05, 3.63) is 57.6 Å². The van der Waals surface area contributed by atoms with Crippen molar-refractivity contribution in [3.63, 3.8) is 0 Å². The maximum Gasteiger partial charge on any atom is 0.334 e. The summed E-state index contributed by atoms with van der Waals surface area (Å²) in [6.45, 7) is 12.3. The molecule has 0 aliphatic heterocycles. The summed E-state index contributed by atoms with van der Waals surface area (Å²) in [6.07, 6.45) is 6.44. The molecule has 32 heavy (non-hydrogen) atoms. The number of halogens is 1. The van der Waals surface area contributed by atoms with Crippen LogP contribution >= 0.6 is 15.9 Å². The Labute approximate surface area is 200 Å². The van der Waals surface area contributed by atoms with E-state index in [1.54, 1.807) is 10.8 Å². The molecule has 1 fully saturated rings. The molecule has 0 atom stereocenters. The van der Waals surface area contributed by atoms with Gasteiger partial charge in [-0.3, -0.25) is 4.57 Å². The molecule has 0 saturated heterocycles. The molecule has 5 nitrogen and oxygen atoms in total. The van der Waals surface area contributed by atoms with E-state index in [1.807, 2.05) is 41.0 Å². The van der Waals surface area contributed by atoms with Crippen LogP contribution in [-0.2, 0) is 11.0 Å². The number of aromatic nitrogens is 3. The van der Waals surface area contributed by atoms with E-state index in [0.29, 0.717) is 17.7 Å². The van der Waals surface area contributed by atoms with Gasteiger partial charge in [0.1, 0.15) is 0 Å². The van der Waals surface area contributed by atoms with Crippen molar-refractivity contribution in [1.82, 2.24) is 14.1 Å². The Balaban J connectivity index is 1.55. The molecule has 7 heteroatoms. The lowest BCUT2D eigenvalue weighted by Gasteiger charge is -2.41. The molecule has 1 aliphatic carbocycles. The minimum Gasteiger partial charge on any atom is -0.414 e. The number of benzene rings is 1. The van der Waals surface area contributed by atoms with Gasteiger partial charge in [-0.25, -0.2) is 14.3 Å². The molecule has 1 aliphatic rings. The quantitative estimate of drug-likeness (QED) is 0.362. The number of hydrogen-bond acceptors (Lipinski definition) is 3. The monoisotopic (exact) mass is 515 g/mol. The first kappa shape index (κ1) is 23.5. The maximum atomic E-state index is 13.5. The molecule has 2 heterocycles. The van der Waals surface area contributed by atoms with Gasteiger partial charge in [-0.1, -0.05) is 39.0 Å². The molecule has 0 amide bonds. The third-order valence-electron chi connectivity index (χ3n) is 7.26. The highest BCUT2D eigenvalue weighted by atomic mass is 79.9. The summed E-state index contributed by atoms with van der Waals surface area (Å²) in [6, 6.07) is 11.8. The van der Waals surface area contributed by atoms with E-state index in [2.05, 4.69) is 54.8 Å². The van der Waals surface area contributed by atoms with Crippen LogP contribution in [0.25, 0.3) is 16.9 Å². The number of imidazole rings is 1. The summed E-state index contributed by atoms with van der Waals surface area (Å²) < 4.78 is 11.2. The molecule has 1 saturated carbocycles. The van der Waals surface area contributed by atoms with Crippen LogP contribution in [0, 0.1) is 5.92 Å². The van der Waals surface area contributed by atoms with Gasteiger partial charge < -0.3 is 4.43 Å². The maximum absolute atomic E-state index is 13.5. The first-order valence-electron chi connectivity index (χ1n) is 11.6. The third kappa shape index (κ3) is 4.66. The van der Waals surface area contributed by atoms with Crippen LogP contribution in [0.3, 0.4) is 0 Å². The molecular formula is C25H34BrN3O2Si. The Morgan fingerprint density at radius 3 is 2.41 bits per heavy atom. The van der Waals surface area contributed by atoms with Crippen molar-refractivity contribution in [2.45, 2.75) is 77.2 Å². The SMILES string of the molecule is CC(C)(C)[Si](C)(C)OC1CCC(Cn2c(=O)n(-c3ccccc3)c3ncc(Br)cc32)CC1. The van der Waals surface area contributed by atoms with Crippen LogP contribution in [0.15, 0.2) is 51.9 Å². The molecule has 0 N–H and O–H groups in total. The Morgan fingerprint density at radius 2 is 1.78 bits per heavy atom. The number of pyridine rings is 1. The average Bonchev–Trinajstić information content (AvgIpc) is 3.00. The summed E-state index contributed by atoms with van der Waals surface area (Å²) in [7, 11) is -1.75. The summed E-state index contributed by atoms with van der Waals surface area (Å²) in [4.78, 5) is 18.1. The van der Waals surface area contributed by atoms with Gasteiger partial charge in [0.25, 0.3) is 0 Å². The summed E-state index contributed by atoms with van der Waals surface area (Å²) in [5.41, 5.74) is 2.42. The zero-order chi connectivity index (χ0) is 23.1. The molecule has 0 radical (unpaired) electrons. The Bertz CT molecular complexity index is 1140. The van der Waals surface area contributed by atoms with E-state index in [-0.39, 0.29) is 10.7 Å². The minimum absolute atomic E-state index is 0.0172. The fourth-order valence-electron chi connectivity index (χ4n) is 4.38. The van der Waals surface area contributed by atoms with Crippen molar-refractivity contribution < 1.29 is 4.43 Å². The van der Waals surface area contributed by atoms with Gasteiger partial charge in [0.15, 0.2) is 14.0 Å². The molecule has 0 bridgehead atoms. The van der Waals surface area contributed by atoms with Crippen LogP contribution in [0.2, 0.25) is 18.1 Å². The lowest BCUT2D eigenvalue weighted by atomic mass is 9.87. The summed E-state index contributed by atoms with van der Waals surface area (Å²) in [5.74, 6) is 0.473. The van der Waals surface area contributed by atoms with Crippen LogP contribution in [0.5, 0.6) is 0 Å². The van der Waals surface area contributed by atoms with Gasteiger partial charge in [0.2, 0.25) is 0 Å². The first-order chi connectivity index (χ1) is 15.1. The zero-order valence-corrected chi connectivity index (χ0v) is 22.4. The third-order valence-corrected chi connectivity index (χ3v) is 12.2. The number of nitrogens with zero attached hydrogens (tertiary/aromatic N) is 3. The van der Waals surface area contributed by atoms with E-state index in [1.165, 1.54) is 0 Å². The van der Waals surface area contributed by atoms with Crippen molar-refractivity contribution in [2.24, 2.45) is 5.92 Å². The molecular weight excluding hydrogens is 482 g/mol. The van der Waals surface area contributed by atoms with Crippen molar-refractivity contribution in [3.8, 4) is 5.69 Å². The smallest absolute Gasteiger partial charge is 0.334 e. The topological polar surface area (TPSA) is 49.0 Å². The fraction of sp³-hybridized carbons (Fsp3) is 0.520. The Morgan fingerprint density at radius 1 is 1.12 bits per heavy atom. The molecule has 4 rings (SSSR count). The predicted octanol–water partition coefficient (Wildman–Crippen LogP) is 6.53. The average molecular weight is 517 g/mol. The Hall–Kier alpha value is -1.70. The number of para-hydroxylation sites is 1. The van der Waals surface area contributed by atoms with E-state index >= 15 is 0 Å². The largest absolute Gasteiger partial charge is 0.414 e. The van der Waals surface area contributed by atoms with Crippen molar-refractivity contribution >= 4 is 35.4 Å². The molecule has 3 aromatic rings. The van der Waals surface area contributed by atoms with Gasteiger partial charge in [-0.2, -0.15) is 0 Å². The van der Waals surface area contributed by atoms with E-state index in [4.69, 9.17) is 4.43 Å². The van der Waals surface area contributed by atoms with Crippen LogP contribution in [0.1, 0.15) is 46.5 Å². The van der Waals surface area contributed by atoms with Gasteiger partial charge in [-0.05, 0) is 83.9 Å². The fourth-order valence-corrected chi connectivity index (χ4v) is 6.12. The van der Waals surface area contributed by atoms with Gasteiger partial charge in [-0.15, -0.1) is 0 Å². The second kappa shape index (κ2) is 8.91. The summed E-state index contributed by atoms with van der Waals surface area (Å²) >= 11 is 3.53. The first-order valence-corrected chi connectivity index (χ1v) is 15.3. The molecule has 1 aromatic carbocycles. The summed E-state index contributed by atoms with van der Waals surface area (Å²) in [5, 5.41) is 0.233. The number of fused-ring (bicyclic) bond motifs is 1. The van der Waals surface area contributed by atoms with Gasteiger partial charge in [0, 0.05) is 23.3 Å². The van der Waals surface area contributed by atoms with Crippen molar-refractivity contribution in [2.75, 3.05) is 0 Å². The predicted molar refractivity (Wildman–Crippen MR) is 137 cm³/mol. The second-order valence-corrected chi connectivity index (χ2v) is 16.3. The Kier molecular flexibility index (Phi) is 6.53. The highest BCUT2D eigenvalue weighted by molar-refractivity contribution is 9.10. The normalized spacial score (nSPS) is 20.1. The van der Waals surface area contributed by atoms with E-state index in [0.717, 1.165) is 47.9 Å². The standard InChI is InChI=1S/C25H34BrN3O2Si/c1-25(2,3)32(4,5)31-21-13-11-18(12-14-21)17-28-22-15-19(26)16-27-23(22)29(24(28)30)20-9-7-6-8-10-20/h6-10,15-16,18,21H,11-14,17H2,1-5H3. The highest BCUT2D eigenvalue weighted by Gasteiger charge is 2.39. The highest BCUT2D eigenvalue weighted by Crippen LogP contribution is 2.40. The zero-order valence-electron chi connectivity index (χ0n) is 19.8. The molecule has 0 spiro atoms. The van der Waals surface area contributed by atoms with Gasteiger partial charge >= 0.3 is 5.69 Å². The van der Waals surface area contributed by atoms with Gasteiger partial charge in [0.05, 0.1) is 11.2 Å². The molecule has 0 unspecified atom stereocenters. The van der Waals surface area contributed by atoms with E-state index in [9.17, 15) is 4.79 Å². The van der Waals surface area contributed by atoms with Crippen molar-refractivity contribution in [1.29, 1.82) is 0 Å². The van der Waals surface area contributed by atoms with Crippen LogP contribution < -0.4 is 5.69 Å². The number of hydrogen-bond donors (Lipinski definition) is 0. The lowest BCUT2D eigenvalue weighted by Crippen LogP contribution is -2.44. The second-order valence-electron chi connectivity index (χ2n) is 10.6. The number of rotatable bonds is 5.